The van der Waals surface area contributed by atoms with Gasteiger partial charge in [0, 0.05) is 18.7 Å². The summed E-state index contributed by atoms with van der Waals surface area (Å²) in [5.74, 6) is 1.92. The maximum atomic E-state index is 5.69. The van der Waals surface area contributed by atoms with Gasteiger partial charge in [-0.3, -0.25) is 4.90 Å². The molecule has 3 nitrogen and oxygen atoms in total. The van der Waals surface area contributed by atoms with Crippen LogP contribution in [0, 0.1) is 5.92 Å². The molecule has 0 atom stereocenters. The first kappa shape index (κ1) is 17.3. The maximum absolute atomic E-state index is 5.69. The standard InChI is InChI=1S/C17H32N2O/c1-5-10-18-12-16-9-11-20-17(16)14-19(8-4)13-15(6-2)7-3/h9,11,15,18H,5-8,10,12-14H2,1-4H3. The number of rotatable bonds is 11. The molecule has 0 aliphatic rings. The molecule has 0 unspecified atom stereocenters. The summed E-state index contributed by atoms with van der Waals surface area (Å²) in [6, 6.07) is 2.10. The molecule has 1 aromatic rings. The summed E-state index contributed by atoms with van der Waals surface area (Å²) in [4.78, 5) is 2.50. The van der Waals surface area contributed by atoms with E-state index in [4.69, 9.17) is 4.42 Å². The van der Waals surface area contributed by atoms with Crippen molar-refractivity contribution in [3.63, 3.8) is 0 Å². The third kappa shape index (κ3) is 5.68. The van der Waals surface area contributed by atoms with Crippen LogP contribution in [0.5, 0.6) is 0 Å². The quantitative estimate of drug-likeness (QED) is 0.620. The van der Waals surface area contributed by atoms with Crippen LogP contribution in [0.1, 0.15) is 58.3 Å². The van der Waals surface area contributed by atoms with Crippen LogP contribution in [0.25, 0.3) is 0 Å². The monoisotopic (exact) mass is 280 g/mol. The van der Waals surface area contributed by atoms with E-state index in [0.717, 1.165) is 37.9 Å². The molecule has 0 amide bonds. The van der Waals surface area contributed by atoms with Crippen LogP contribution in [0.2, 0.25) is 0 Å². The maximum Gasteiger partial charge on any atom is 0.122 e. The zero-order valence-corrected chi connectivity index (χ0v) is 13.7. The topological polar surface area (TPSA) is 28.4 Å². The first-order valence-corrected chi connectivity index (χ1v) is 8.23. The van der Waals surface area contributed by atoms with Crippen LogP contribution in [0.15, 0.2) is 16.7 Å². The van der Waals surface area contributed by atoms with E-state index in [0.29, 0.717) is 0 Å². The van der Waals surface area contributed by atoms with Crippen molar-refractivity contribution in [3.8, 4) is 0 Å². The summed E-state index contributed by atoms with van der Waals surface area (Å²) < 4.78 is 5.69. The third-order valence-electron chi connectivity index (χ3n) is 4.07. The third-order valence-corrected chi connectivity index (χ3v) is 4.07. The number of nitrogens with one attached hydrogen (secondary N) is 1. The molecule has 0 spiro atoms. The van der Waals surface area contributed by atoms with Gasteiger partial charge in [0.25, 0.3) is 0 Å². The molecule has 20 heavy (non-hydrogen) atoms. The summed E-state index contributed by atoms with van der Waals surface area (Å²) in [6.07, 6.45) is 5.51. The van der Waals surface area contributed by atoms with Gasteiger partial charge in [0.2, 0.25) is 0 Å². The molecule has 0 aliphatic heterocycles. The van der Waals surface area contributed by atoms with Crippen LogP contribution in [-0.4, -0.2) is 24.5 Å². The Labute approximate surface area is 124 Å². The molecular weight excluding hydrogens is 248 g/mol. The van der Waals surface area contributed by atoms with Crippen molar-refractivity contribution < 1.29 is 4.42 Å². The fraction of sp³-hybridized carbons (Fsp3) is 0.765. The smallest absolute Gasteiger partial charge is 0.122 e. The van der Waals surface area contributed by atoms with E-state index in [1.165, 1.54) is 31.4 Å². The second kappa shape index (κ2) is 10.0. The van der Waals surface area contributed by atoms with Crippen LogP contribution in [0.4, 0.5) is 0 Å². The zero-order valence-electron chi connectivity index (χ0n) is 13.7. The fourth-order valence-corrected chi connectivity index (χ4v) is 2.48. The van der Waals surface area contributed by atoms with Crippen molar-refractivity contribution in [2.45, 2.75) is 60.0 Å². The molecule has 0 aromatic carbocycles. The number of hydrogen-bond acceptors (Lipinski definition) is 3. The van der Waals surface area contributed by atoms with E-state index >= 15 is 0 Å². The van der Waals surface area contributed by atoms with Gasteiger partial charge in [-0.1, -0.05) is 40.5 Å². The second-order valence-electron chi connectivity index (χ2n) is 5.56. The number of hydrogen-bond donors (Lipinski definition) is 1. The van der Waals surface area contributed by atoms with Crippen LogP contribution < -0.4 is 5.32 Å². The Balaban J connectivity index is 2.54. The minimum atomic E-state index is 0.798. The van der Waals surface area contributed by atoms with Gasteiger partial charge in [-0.2, -0.15) is 0 Å². The van der Waals surface area contributed by atoms with Crippen molar-refractivity contribution in [3.05, 3.63) is 23.7 Å². The molecule has 116 valence electrons. The molecule has 0 fully saturated rings. The van der Waals surface area contributed by atoms with Gasteiger partial charge < -0.3 is 9.73 Å². The molecular formula is C17H32N2O. The summed E-state index contributed by atoms with van der Waals surface area (Å²) >= 11 is 0. The number of furan rings is 1. The van der Waals surface area contributed by atoms with E-state index in [2.05, 4.69) is 44.0 Å². The predicted molar refractivity (Wildman–Crippen MR) is 85.7 cm³/mol. The summed E-state index contributed by atoms with van der Waals surface area (Å²) in [5.41, 5.74) is 1.31. The van der Waals surface area contributed by atoms with Gasteiger partial charge in [-0.25, -0.2) is 0 Å². The molecule has 1 heterocycles. The summed E-state index contributed by atoms with van der Waals surface area (Å²) in [5, 5.41) is 3.45. The molecule has 0 bridgehead atoms. The highest BCUT2D eigenvalue weighted by Crippen LogP contribution is 2.16. The number of nitrogens with zero attached hydrogens (tertiary/aromatic N) is 1. The van der Waals surface area contributed by atoms with Gasteiger partial charge in [-0.15, -0.1) is 0 Å². The Morgan fingerprint density at radius 3 is 2.55 bits per heavy atom. The lowest BCUT2D eigenvalue weighted by Gasteiger charge is -2.24. The highest BCUT2D eigenvalue weighted by Gasteiger charge is 2.14. The van der Waals surface area contributed by atoms with Crippen molar-refractivity contribution in [1.29, 1.82) is 0 Å². The van der Waals surface area contributed by atoms with Gasteiger partial charge in [0.1, 0.15) is 5.76 Å². The molecule has 0 saturated carbocycles. The van der Waals surface area contributed by atoms with Crippen LogP contribution in [0.3, 0.4) is 0 Å². The van der Waals surface area contributed by atoms with Gasteiger partial charge in [-0.05, 0) is 31.5 Å². The van der Waals surface area contributed by atoms with E-state index in [9.17, 15) is 0 Å². The summed E-state index contributed by atoms with van der Waals surface area (Å²) in [6.45, 7) is 14.2. The normalized spacial score (nSPS) is 11.7. The molecule has 3 heteroatoms. The Morgan fingerprint density at radius 2 is 1.95 bits per heavy atom. The van der Waals surface area contributed by atoms with Gasteiger partial charge in [0.05, 0.1) is 12.8 Å². The van der Waals surface area contributed by atoms with E-state index < -0.39 is 0 Å². The summed E-state index contributed by atoms with van der Waals surface area (Å²) in [7, 11) is 0. The van der Waals surface area contributed by atoms with Crippen LogP contribution in [-0.2, 0) is 13.1 Å². The van der Waals surface area contributed by atoms with Crippen LogP contribution >= 0.6 is 0 Å². The predicted octanol–water partition coefficient (Wildman–Crippen LogP) is 4.04. The molecule has 1 rings (SSSR count). The van der Waals surface area contributed by atoms with Crippen molar-refractivity contribution >= 4 is 0 Å². The Hall–Kier alpha value is -0.800. The average molecular weight is 280 g/mol. The van der Waals surface area contributed by atoms with E-state index in [1.54, 1.807) is 0 Å². The lowest BCUT2D eigenvalue weighted by atomic mass is 10.0. The fourth-order valence-electron chi connectivity index (χ4n) is 2.48. The Kier molecular flexibility index (Phi) is 8.63. The minimum absolute atomic E-state index is 0.798. The highest BCUT2D eigenvalue weighted by molar-refractivity contribution is 5.16. The first-order valence-electron chi connectivity index (χ1n) is 8.23. The molecule has 1 N–H and O–H groups in total. The van der Waals surface area contributed by atoms with Gasteiger partial charge in [0.15, 0.2) is 0 Å². The SMILES string of the molecule is CCCNCc1ccoc1CN(CC)CC(CC)CC. The lowest BCUT2D eigenvalue weighted by Crippen LogP contribution is -2.29. The largest absolute Gasteiger partial charge is 0.468 e. The second-order valence-corrected chi connectivity index (χ2v) is 5.56. The van der Waals surface area contributed by atoms with E-state index in [-0.39, 0.29) is 0 Å². The van der Waals surface area contributed by atoms with Crippen molar-refractivity contribution in [1.82, 2.24) is 10.2 Å². The molecule has 1 aromatic heterocycles. The molecule has 0 aliphatic carbocycles. The van der Waals surface area contributed by atoms with E-state index in [1.807, 2.05) is 6.26 Å². The average Bonchev–Trinajstić information content (AvgIpc) is 2.91. The van der Waals surface area contributed by atoms with Crippen molar-refractivity contribution in [2.75, 3.05) is 19.6 Å². The molecule has 0 saturated heterocycles. The Morgan fingerprint density at radius 1 is 1.20 bits per heavy atom. The lowest BCUT2D eigenvalue weighted by molar-refractivity contribution is 0.210. The molecule has 0 radical (unpaired) electrons. The Bertz CT molecular complexity index is 345. The minimum Gasteiger partial charge on any atom is -0.468 e. The zero-order chi connectivity index (χ0) is 14.8. The van der Waals surface area contributed by atoms with Crippen molar-refractivity contribution in [2.24, 2.45) is 5.92 Å². The van der Waals surface area contributed by atoms with Gasteiger partial charge >= 0.3 is 0 Å². The first-order chi connectivity index (χ1) is 9.74. The highest BCUT2D eigenvalue weighted by atomic mass is 16.3.